The first-order valence-electron chi connectivity index (χ1n) is 10.4. The van der Waals surface area contributed by atoms with E-state index in [4.69, 9.17) is 9.47 Å². The smallest absolute Gasteiger partial charge is 0.338 e. The molecule has 0 bridgehead atoms. The number of carbonyl (C=O) groups excluding carboxylic acids is 1. The molecule has 7 heteroatoms. The van der Waals surface area contributed by atoms with Gasteiger partial charge in [0.05, 0.1) is 10.5 Å². The van der Waals surface area contributed by atoms with Crippen molar-refractivity contribution >= 4 is 17.3 Å². The van der Waals surface area contributed by atoms with E-state index >= 15 is 0 Å². The molecule has 4 rings (SSSR count). The Morgan fingerprint density at radius 2 is 2.00 bits per heavy atom. The third-order valence-electron chi connectivity index (χ3n) is 5.47. The van der Waals surface area contributed by atoms with Crippen molar-refractivity contribution in [3.63, 3.8) is 0 Å². The Morgan fingerprint density at radius 1 is 1.23 bits per heavy atom. The second-order valence-corrected chi connectivity index (χ2v) is 8.93. The van der Waals surface area contributed by atoms with E-state index in [0.717, 1.165) is 30.6 Å². The van der Waals surface area contributed by atoms with Crippen LogP contribution in [0.3, 0.4) is 0 Å². The van der Waals surface area contributed by atoms with Crippen LogP contribution in [0, 0.1) is 10.1 Å². The summed E-state index contributed by atoms with van der Waals surface area (Å²) in [6.45, 7) is 8.09. The number of rotatable bonds is 3. The van der Waals surface area contributed by atoms with Gasteiger partial charge in [0.25, 0.3) is 5.69 Å². The molecule has 2 heterocycles. The molecule has 2 aromatic carbocycles. The summed E-state index contributed by atoms with van der Waals surface area (Å²) >= 11 is 0. The monoisotopic (exact) mass is 422 g/mol. The lowest BCUT2D eigenvalue weighted by atomic mass is 9.81. The average molecular weight is 422 g/mol. The number of anilines is 1. The Balaban J connectivity index is 1.89. The van der Waals surface area contributed by atoms with Gasteiger partial charge in [-0.3, -0.25) is 10.1 Å². The fourth-order valence-electron chi connectivity index (χ4n) is 4.16. The number of carbonyl (C=O) groups is 1. The van der Waals surface area contributed by atoms with Crippen molar-refractivity contribution in [2.75, 3.05) is 11.9 Å². The van der Waals surface area contributed by atoms with E-state index in [0.29, 0.717) is 22.6 Å². The summed E-state index contributed by atoms with van der Waals surface area (Å²) in [5, 5.41) is 14.8. The van der Waals surface area contributed by atoms with Crippen molar-refractivity contribution in [1.82, 2.24) is 0 Å². The van der Waals surface area contributed by atoms with Crippen molar-refractivity contribution in [2.45, 2.75) is 52.1 Å². The SMILES string of the molecule is CC1=C(C(=O)OC(C)(C)C)[C@H](c2ccc3c(c2)CCCN3)c2cc([N+](=O)[O-])ccc2O1. The Kier molecular flexibility index (Phi) is 5.21. The molecule has 0 amide bonds. The second-order valence-electron chi connectivity index (χ2n) is 8.93. The van der Waals surface area contributed by atoms with Crippen molar-refractivity contribution in [2.24, 2.45) is 0 Å². The van der Waals surface area contributed by atoms with Crippen LogP contribution in [0.2, 0.25) is 0 Å². The van der Waals surface area contributed by atoms with E-state index < -0.39 is 22.4 Å². The van der Waals surface area contributed by atoms with Crippen LogP contribution in [0.1, 0.15) is 56.7 Å². The van der Waals surface area contributed by atoms with Gasteiger partial charge < -0.3 is 14.8 Å². The van der Waals surface area contributed by atoms with Gasteiger partial charge in [-0.1, -0.05) is 12.1 Å². The van der Waals surface area contributed by atoms with Crippen LogP contribution >= 0.6 is 0 Å². The third kappa shape index (κ3) is 4.13. The highest BCUT2D eigenvalue weighted by atomic mass is 16.6. The molecule has 0 unspecified atom stereocenters. The van der Waals surface area contributed by atoms with Crippen molar-refractivity contribution in [3.8, 4) is 5.75 Å². The summed E-state index contributed by atoms with van der Waals surface area (Å²) in [5.74, 6) is -0.0542. The van der Waals surface area contributed by atoms with E-state index in [1.54, 1.807) is 13.0 Å². The lowest BCUT2D eigenvalue weighted by Gasteiger charge is -2.31. The molecule has 0 aromatic heterocycles. The number of nitro benzene ring substituents is 1. The van der Waals surface area contributed by atoms with E-state index in [1.807, 2.05) is 32.9 Å². The predicted octanol–water partition coefficient (Wildman–Crippen LogP) is 5.09. The zero-order valence-electron chi connectivity index (χ0n) is 18.2. The number of hydrogen-bond acceptors (Lipinski definition) is 6. The molecule has 31 heavy (non-hydrogen) atoms. The number of hydrogen-bond donors (Lipinski definition) is 1. The molecule has 0 saturated carbocycles. The van der Waals surface area contributed by atoms with Gasteiger partial charge in [-0.05, 0) is 63.8 Å². The first-order valence-corrected chi connectivity index (χ1v) is 10.4. The maximum absolute atomic E-state index is 13.2. The van der Waals surface area contributed by atoms with Gasteiger partial charge in [-0.15, -0.1) is 0 Å². The van der Waals surface area contributed by atoms with Gasteiger partial charge in [0, 0.05) is 35.8 Å². The van der Waals surface area contributed by atoms with Crippen LogP contribution < -0.4 is 10.1 Å². The van der Waals surface area contributed by atoms with Crippen LogP contribution in [-0.2, 0) is 16.0 Å². The summed E-state index contributed by atoms with van der Waals surface area (Å²) in [6.07, 6.45) is 1.96. The van der Waals surface area contributed by atoms with E-state index in [1.165, 1.54) is 17.7 Å². The van der Waals surface area contributed by atoms with E-state index in [9.17, 15) is 14.9 Å². The maximum Gasteiger partial charge on any atom is 0.338 e. The first kappa shape index (κ1) is 20.9. The number of benzene rings is 2. The van der Waals surface area contributed by atoms with Gasteiger partial charge in [0.1, 0.15) is 17.1 Å². The molecule has 7 nitrogen and oxygen atoms in total. The molecule has 1 atom stereocenters. The minimum absolute atomic E-state index is 0.0462. The minimum Gasteiger partial charge on any atom is -0.461 e. The molecule has 0 radical (unpaired) electrons. The number of fused-ring (bicyclic) bond motifs is 2. The van der Waals surface area contributed by atoms with Gasteiger partial charge in [0.15, 0.2) is 0 Å². The van der Waals surface area contributed by atoms with Gasteiger partial charge in [-0.2, -0.15) is 0 Å². The summed E-state index contributed by atoms with van der Waals surface area (Å²) in [5.41, 5.74) is 3.36. The topological polar surface area (TPSA) is 90.7 Å². The van der Waals surface area contributed by atoms with Gasteiger partial charge >= 0.3 is 5.97 Å². The third-order valence-corrected chi connectivity index (χ3v) is 5.47. The zero-order chi connectivity index (χ0) is 22.3. The molecule has 2 aliphatic heterocycles. The Bertz CT molecular complexity index is 1100. The number of ether oxygens (including phenoxy) is 2. The standard InChI is InChI=1S/C24H26N2O5/c1-14-21(23(27)31-24(2,3)4)22(16-7-9-19-15(12-16)6-5-11-25-19)18-13-17(26(28)29)8-10-20(18)30-14/h7-10,12-13,22,25H,5-6,11H2,1-4H3/t22-/m1/s1. The van der Waals surface area contributed by atoms with Gasteiger partial charge in [0.2, 0.25) is 0 Å². The van der Waals surface area contributed by atoms with Crippen molar-refractivity contribution < 1.29 is 19.2 Å². The largest absolute Gasteiger partial charge is 0.461 e. The predicted molar refractivity (Wildman–Crippen MR) is 117 cm³/mol. The van der Waals surface area contributed by atoms with Gasteiger partial charge in [-0.25, -0.2) is 4.79 Å². The van der Waals surface area contributed by atoms with Crippen LogP contribution in [0.25, 0.3) is 0 Å². The molecule has 0 aliphatic carbocycles. The number of nitrogens with one attached hydrogen (secondary N) is 1. The molecule has 1 N–H and O–H groups in total. The van der Waals surface area contributed by atoms with Crippen molar-refractivity contribution in [3.05, 3.63) is 74.5 Å². The number of nitrogens with zero attached hydrogens (tertiary/aromatic N) is 1. The number of aryl methyl sites for hydroxylation is 1. The van der Waals surface area contributed by atoms with Crippen LogP contribution in [0.15, 0.2) is 47.7 Å². The maximum atomic E-state index is 13.2. The molecular weight excluding hydrogens is 396 g/mol. The number of allylic oxidation sites excluding steroid dienone is 1. The lowest BCUT2D eigenvalue weighted by Crippen LogP contribution is -2.30. The van der Waals surface area contributed by atoms with Crippen LogP contribution in [0.5, 0.6) is 5.75 Å². The lowest BCUT2D eigenvalue weighted by molar-refractivity contribution is -0.384. The molecule has 0 spiro atoms. The van der Waals surface area contributed by atoms with Crippen molar-refractivity contribution in [1.29, 1.82) is 0 Å². The summed E-state index contributed by atoms with van der Waals surface area (Å²) < 4.78 is 11.6. The normalized spacial score (nSPS) is 17.7. The fourth-order valence-corrected chi connectivity index (χ4v) is 4.16. The molecule has 2 aromatic rings. The van der Waals surface area contributed by atoms with Crippen LogP contribution in [-0.4, -0.2) is 23.0 Å². The summed E-state index contributed by atoms with van der Waals surface area (Å²) in [4.78, 5) is 24.2. The quantitative estimate of drug-likeness (QED) is 0.421. The Morgan fingerprint density at radius 3 is 2.71 bits per heavy atom. The molecule has 0 saturated heterocycles. The average Bonchev–Trinajstić information content (AvgIpc) is 2.70. The fraction of sp³-hybridized carbons (Fsp3) is 0.375. The van der Waals surface area contributed by atoms with Crippen LogP contribution in [0.4, 0.5) is 11.4 Å². The highest BCUT2D eigenvalue weighted by Crippen LogP contribution is 2.46. The zero-order valence-corrected chi connectivity index (χ0v) is 18.2. The minimum atomic E-state index is -0.683. The molecule has 2 aliphatic rings. The summed E-state index contributed by atoms with van der Waals surface area (Å²) in [6, 6.07) is 10.6. The number of esters is 1. The highest BCUT2D eigenvalue weighted by molar-refractivity contribution is 5.93. The first-order chi connectivity index (χ1) is 14.6. The Labute approximate surface area is 181 Å². The Hall–Kier alpha value is -3.35. The van der Waals surface area contributed by atoms with E-state index in [-0.39, 0.29) is 5.69 Å². The number of non-ortho nitro benzene ring substituents is 1. The number of nitro groups is 1. The van der Waals surface area contributed by atoms with E-state index in [2.05, 4.69) is 11.4 Å². The molecule has 0 fully saturated rings. The molecular formula is C24H26N2O5. The summed E-state index contributed by atoms with van der Waals surface area (Å²) in [7, 11) is 0. The second kappa shape index (κ2) is 7.72. The molecule has 162 valence electrons. The highest BCUT2D eigenvalue weighted by Gasteiger charge is 2.37.